The molecular formula is C30H22N4O2. The van der Waals surface area contributed by atoms with Crippen LogP contribution in [0.1, 0.15) is 15.9 Å². The van der Waals surface area contributed by atoms with Crippen molar-refractivity contribution in [3.63, 3.8) is 0 Å². The van der Waals surface area contributed by atoms with E-state index >= 15 is 0 Å². The zero-order valence-corrected chi connectivity index (χ0v) is 19.5. The first-order valence-corrected chi connectivity index (χ1v) is 11.6. The number of nitrogens with one attached hydrogen (secondary N) is 2. The molecule has 6 rings (SSSR count). The van der Waals surface area contributed by atoms with Crippen LogP contribution in [0.15, 0.2) is 107 Å². The highest BCUT2D eigenvalue weighted by molar-refractivity contribution is 6.22. The number of carbonyl (C=O) groups excluding carboxylic acids is 1. The van der Waals surface area contributed by atoms with Gasteiger partial charge in [0.25, 0.3) is 5.91 Å². The van der Waals surface area contributed by atoms with Crippen LogP contribution in [0, 0.1) is 6.92 Å². The quantitative estimate of drug-likeness (QED) is 0.227. The molecule has 0 bridgehead atoms. The number of phenols is 1. The van der Waals surface area contributed by atoms with E-state index < -0.39 is 5.91 Å². The van der Waals surface area contributed by atoms with E-state index in [0.717, 1.165) is 32.8 Å². The highest BCUT2D eigenvalue weighted by atomic mass is 16.3. The lowest BCUT2D eigenvalue weighted by Crippen LogP contribution is -2.12. The fourth-order valence-corrected chi connectivity index (χ4v) is 4.49. The maximum absolute atomic E-state index is 13.2. The predicted molar refractivity (Wildman–Crippen MR) is 145 cm³/mol. The maximum atomic E-state index is 13.2. The van der Waals surface area contributed by atoms with Crippen molar-refractivity contribution in [2.24, 2.45) is 10.2 Å². The van der Waals surface area contributed by atoms with Gasteiger partial charge >= 0.3 is 0 Å². The number of hydrogen-bond acceptors (Lipinski definition) is 4. The maximum Gasteiger partial charge on any atom is 0.259 e. The van der Waals surface area contributed by atoms with E-state index in [1.54, 1.807) is 18.2 Å². The molecule has 1 amide bonds. The summed E-state index contributed by atoms with van der Waals surface area (Å²) in [7, 11) is 0. The summed E-state index contributed by atoms with van der Waals surface area (Å²) >= 11 is 0. The second kappa shape index (κ2) is 8.67. The molecule has 3 N–H and O–H groups in total. The van der Waals surface area contributed by atoms with Crippen LogP contribution in [0.2, 0.25) is 0 Å². The summed E-state index contributed by atoms with van der Waals surface area (Å²) in [6.07, 6.45) is 0. The lowest BCUT2D eigenvalue weighted by atomic mass is 10.00. The van der Waals surface area contributed by atoms with Crippen LogP contribution in [0.25, 0.3) is 32.6 Å². The van der Waals surface area contributed by atoms with Crippen molar-refractivity contribution < 1.29 is 9.90 Å². The summed E-state index contributed by atoms with van der Waals surface area (Å²) in [5, 5.41) is 26.6. The molecule has 0 atom stereocenters. The fourth-order valence-electron chi connectivity index (χ4n) is 4.49. The normalized spacial score (nSPS) is 11.6. The predicted octanol–water partition coefficient (Wildman–Crippen LogP) is 8.16. The van der Waals surface area contributed by atoms with Crippen molar-refractivity contribution >= 4 is 55.5 Å². The Morgan fingerprint density at radius 1 is 0.833 bits per heavy atom. The number of fused-ring (bicyclic) bond motifs is 5. The van der Waals surface area contributed by atoms with Crippen LogP contribution >= 0.6 is 0 Å². The summed E-state index contributed by atoms with van der Waals surface area (Å²) in [5.41, 5.74) is 4.57. The molecule has 174 valence electrons. The molecular weight excluding hydrogens is 448 g/mol. The van der Waals surface area contributed by atoms with Gasteiger partial charge in [0.15, 0.2) is 5.75 Å². The second-order valence-corrected chi connectivity index (χ2v) is 8.73. The second-order valence-electron chi connectivity index (χ2n) is 8.73. The van der Waals surface area contributed by atoms with Gasteiger partial charge in [-0.25, -0.2) is 0 Å². The molecule has 0 radical (unpaired) electrons. The van der Waals surface area contributed by atoms with Crippen molar-refractivity contribution in [2.75, 3.05) is 5.32 Å². The van der Waals surface area contributed by atoms with Gasteiger partial charge < -0.3 is 15.4 Å². The Morgan fingerprint density at radius 3 is 2.39 bits per heavy atom. The van der Waals surface area contributed by atoms with Gasteiger partial charge in [-0.15, -0.1) is 5.11 Å². The van der Waals surface area contributed by atoms with Gasteiger partial charge in [-0.3, -0.25) is 4.79 Å². The summed E-state index contributed by atoms with van der Waals surface area (Å²) in [5.74, 6) is -0.651. The third kappa shape index (κ3) is 3.75. The highest BCUT2D eigenvalue weighted by Crippen LogP contribution is 2.44. The summed E-state index contributed by atoms with van der Waals surface area (Å²) in [6.45, 7) is 2.00. The van der Waals surface area contributed by atoms with Crippen LogP contribution in [-0.4, -0.2) is 16.0 Å². The van der Waals surface area contributed by atoms with Crippen LogP contribution in [0.5, 0.6) is 5.75 Å². The van der Waals surface area contributed by atoms with E-state index in [-0.39, 0.29) is 17.0 Å². The molecule has 0 saturated carbocycles. The third-order valence-electron chi connectivity index (χ3n) is 6.31. The first-order valence-electron chi connectivity index (χ1n) is 11.6. The fraction of sp³-hybridized carbons (Fsp3) is 0.0333. The van der Waals surface area contributed by atoms with Crippen molar-refractivity contribution in [3.8, 4) is 5.75 Å². The number of aryl methyl sites for hydroxylation is 1. The van der Waals surface area contributed by atoms with E-state index in [1.165, 1.54) is 0 Å². The van der Waals surface area contributed by atoms with E-state index in [9.17, 15) is 9.90 Å². The zero-order chi connectivity index (χ0) is 24.6. The summed E-state index contributed by atoms with van der Waals surface area (Å²) in [4.78, 5) is 16.7. The Labute approximate surface area is 206 Å². The zero-order valence-electron chi connectivity index (χ0n) is 19.5. The topological polar surface area (TPSA) is 89.8 Å². The number of nitrogens with zero attached hydrogens (tertiary/aromatic N) is 2. The van der Waals surface area contributed by atoms with Crippen LogP contribution in [-0.2, 0) is 0 Å². The van der Waals surface area contributed by atoms with E-state index in [4.69, 9.17) is 0 Å². The number of amides is 1. The molecule has 0 fully saturated rings. The number of carbonyl (C=O) groups is 1. The third-order valence-corrected chi connectivity index (χ3v) is 6.31. The standard InChI is InChI=1S/C30H22N4O2/c1-18-11-14-21(15-12-18)33-34-28-26-19(13-16-23-22-9-5-6-10-25(22)32-27(23)26)17-24(29(28)35)30(36)31-20-7-3-2-4-8-20/h2-17,32,35H,1H3,(H,31,36). The van der Waals surface area contributed by atoms with E-state index in [2.05, 4.69) is 26.6 Å². The highest BCUT2D eigenvalue weighted by Gasteiger charge is 2.21. The van der Waals surface area contributed by atoms with Crippen molar-refractivity contribution in [1.29, 1.82) is 0 Å². The van der Waals surface area contributed by atoms with Gasteiger partial charge in [-0.05, 0) is 48.7 Å². The van der Waals surface area contributed by atoms with E-state index in [1.807, 2.05) is 79.7 Å². The van der Waals surface area contributed by atoms with Gasteiger partial charge in [-0.2, -0.15) is 5.11 Å². The van der Waals surface area contributed by atoms with Gasteiger partial charge in [0.2, 0.25) is 0 Å². The van der Waals surface area contributed by atoms with Gasteiger partial charge in [0.05, 0.1) is 16.8 Å². The molecule has 1 heterocycles. The number of rotatable bonds is 4. The Hall–Kier alpha value is -4.97. The molecule has 0 aliphatic carbocycles. The van der Waals surface area contributed by atoms with Gasteiger partial charge in [0.1, 0.15) is 5.69 Å². The number of anilines is 1. The minimum Gasteiger partial charge on any atom is -0.505 e. The molecule has 6 nitrogen and oxygen atoms in total. The first kappa shape index (κ1) is 21.6. The van der Waals surface area contributed by atoms with Crippen molar-refractivity contribution in [3.05, 3.63) is 108 Å². The number of aromatic nitrogens is 1. The van der Waals surface area contributed by atoms with Crippen LogP contribution < -0.4 is 5.32 Å². The molecule has 6 heteroatoms. The summed E-state index contributed by atoms with van der Waals surface area (Å²) in [6, 6.07) is 30.4. The minimum absolute atomic E-state index is 0.125. The average Bonchev–Trinajstić information content (AvgIpc) is 3.28. The van der Waals surface area contributed by atoms with Crippen molar-refractivity contribution in [2.45, 2.75) is 6.92 Å². The van der Waals surface area contributed by atoms with Gasteiger partial charge in [-0.1, -0.05) is 66.2 Å². The molecule has 0 spiro atoms. The number of aromatic amines is 1. The smallest absolute Gasteiger partial charge is 0.259 e. The number of benzene rings is 5. The molecule has 0 saturated heterocycles. The van der Waals surface area contributed by atoms with Crippen LogP contribution in [0.4, 0.5) is 17.1 Å². The van der Waals surface area contributed by atoms with E-state index in [0.29, 0.717) is 16.8 Å². The molecule has 0 aliphatic heterocycles. The van der Waals surface area contributed by atoms with Crippen molar-refractivity contribution in [1.82, 2.24) is 4.98 Å². The number of phenolic OH excluding ortho intramolecular Hbond substituents is 1. The number of hydrogen-bond donors (Lipinski definition) is 3. The lowest BCUT2D eigenvalue weighted by Gasteiger charge is -2.12. The minimum atomic E-state index is -0.427. The summed E-state index contributed by atoms with van der Waals surface area (Å²) < 4.78 is 0. The lowest BCUT2D eigenvalue weighted by molar-refractivity contribution is 0.102. The number of H-pyrrole nitrogens is 1. The molecule has 5 aromatic carbocycles. The largest absolute Gasteiger partial charge is 0.505 e. The molecule has 6 aromatic rings. The van der Waals surface area contributed by atoms with Gasteiger partial charge in [0, 0.05) is 27.4 Å². The monoisotopic (exact) mass is 470 g/mol. The molecule has 1 aromatic heterocycles. The Morgan fingerprint density at radius 2 is 1.58 bits per heavy atom. The average molecular weight is 471 g/mol. The van der Waals surface area contributed by atoms with Crippen LogP contribution in [0.3, 0.4) is 0 Å². The number of azo groups is 1. The molecule has 36 heavy (non-hydrogen) atoms. The molecule has 0 unspecified atom stereocenters. The Balaban J connectivity index is 1.58. The molecule has 0 aliphatic rings. The Bertz CT molecular complexity index is 1790. The first-order chi connectivity index (χ1) is 17.6. The Kier molecular flexibility index (Phi) is 5.19. The number of aromatic hydroxyl groups is 1. The number of para-hydroxylation sites is 2. The SMILES string of the molecule is Cc1ccc(N=Nc2c(O)c(C(=O)Nc3ccccc3)cc3ccc4c5ccccc5[nH]c4c23)cc1.